The lowest BCUT2D eigenvalue weighted by atomic mass is 10.1. The van der Waals surface area contributed by atoms with E-state index in [1.165, 1.54) is 4.68 Å². The van der Waals surface area contributed by atoms with Crippen molar-refractivity contribution in [3.63, 3.8) is 0 Å². The van der Waals surface area contributed by atoms with Gasteiger partial charge in [-0.25, -0.2) is 14.5 Å². The highest BCUT2D eigenvalue weighted by molar-refractivity contribution is 6.38. The predicted octanol–water partition coefficient (Wildman–Crippen LogP) is 2.27. The molecule has 1 fully saturated rings. The first-order valence-electron chi connectivity index (χ1n) is 6.13. The Morgan fingerprint density at radius 3 is 2.85 bits per heavy atom. The number of fused-ring (bicyclic) bond motifs is 1. The van der Waals surface area contributed by atoms with E-state index < -0.39 is 11.9 Å². The summed E-state index contributed by atoms with van der Waals surface area (Å²) in [7, 11) is 0. The second kappa shape index (κ2) is 4.99. The summed E-state index contributed by atoms with van der Waals surface area (Å²) in [5.41, 5.74) is 0.0361. The molecule has 0 bridgehead atoms. The number of pyridine rings is 1. The van der Waals surface area contributed by atoms with Crippen LogP contribution >= 0.6 is 11.6 Å². The van der Waals surface area contributed by atoms with Crippen LogP contribution in [0.3, 0.4) is 0 Å². The van der Waals surface area contributed by atoms with Gasteiger partial charge in [0.05, 0.1) is 22.0 Å². The van der Waals surface area contributed by atoms with Gasteiger partial charge in [-0.3, -0.25) is 0 Å². The van der Waals surface area contributed by atoms with Crippen LogP contribution in [0.2, 0.25) is 5.02 Å². The van der Waals surface area contributed by atoms with Gasteiger partial charge in [0.25, 0.3) is 0 Å². The maximum absolute atomic E-state index is 14.0. The lowest BCUT2D eigenvalue weighted by molar-refractivity contribution is 0.0668. The summed E-state index contributed by atoms with van der Waals surface area (Å²) in [5, 5.41) is 12.6. The highest BCUT2D eigenvalue weighted by Gasteiger charge is 2.25. The Bertz CT molecular complexity index is 682. The van der Waals surface area contributed by atoms with Gasteiger partial charge in [-0.05, 0) is 12.8 Å². The van der Waals surface area contributed by atoms with Gasteiger partial charge in [0.2, 0.25) is 5.95 Å². The zero-order valence-electron chi connectivity index (χ0n) is 10.3. The fraction of sp³-hybridized carbons (Fsp3) is 0.417. The molecule has 3 rings (SSSR count). The number of nitrogens with zero attached hydrogens (tertiary/aromatic N) is 3. The summed E-state index contributed by atoms with van der Waals surface area (Å²) in [6.07, 6.45) is 2.54. The summed E-state index contributed by atoms with van der Waals surface area (Å²) >= 11 is 5.96. The average molecular weight is 300 g/mol. The number of carboxylic acid groups (broad SMARTS) is 1. The standard InChI is InChI=1S/C12H11ClFN3O3/c13-9-7(12(18)19)5-15-11-8(9)10(14)16-17(11)6-1-3-20-4-2-6/h5-6H,1-4H2,(H,18,19). The Kier molecular flexibility index (Phi) is 3.31. The molecule has 0 radical (unpaired) electrons. The van der Waals surface area contributed by atoms with Gasteiger partial charge < -0.3 is 9.84 Å². The molecule has 0 amide bonds. The van der Waals surface area contributed by atoms with E-state index in [0.29, 0.717) is 26.1 Å². The Labute approximate surface area is 118 Å². The van der Waals surface area contributed by atoms with Crippen LogP contribution in [-0.2, 0) is 4.74 Å². The maximum Gasteiger partial charge on any atom is 0.338 e. The van der Waals surface area contributed by atoms with Crippen molar-refractivity contribution in [1.29, 1.82) is 0 Å². The van der Waals surface area contributed by atoms with Gasteiger partial charge in [0.15, 0.2) is 5.65 Å². The van der Waals surface area contributed by atoms with Crippen LogP contribution in [0.5, 0.6) is 0 Å². The number of carboxylic acids is 1. The van der Waals surface area contributed by atoms with Crippen molar-refractivity contribution >= 4 is 28.6 Å². The summed E-state index contributed by atoms with van der Waals surface area (Å²) in [4.78, 5) is 15.0. The van der Waals surface area contributed by atoms with E-state index in [1.54, 1.807) is 0 Å². The van der Waals surface area contributed by atoms with Crippen molar-refractivity contribution in [3.8, 4) is 0 Å². The molecule has 1 aliphatic rings. The lowest BCUT2D eigenvalue weighted by Gasteiger charge is -2.22. The fourth-order valence-electron chi connectivity index (χ4n) is 2.36. The molecule has 0 atom stereocenters. The van der Waals surface area contributed by atoms with E-state index in [9.17, 15) is 9.18 Å². The monoisotopic (exact) mass is 299 g/mol. The molecule has 0 aromatic carbocycles. The Hall–Kier alpha value is -1.73. The zero-order valence-corrected chi connectivity index (χ0v) is 11.1. The highest BCUT2D eigenvalue weighted by Crippen LogP contribution is 2.31. The number of rotatable bonds is 2. The van der Waals surface area contributed by atoms with Crippen molar-refractivity contribution in [2.75, 3.05) is 13.2 Å². The molecule has 20 heavy (non-hydrogen) atoms. The second-order valence-electron chi connectivity index (χ2n) is 4.57. The third kappa shape index (κ3) is 2.03. The molecule has 0 saturated carbocycles. The Morgan fingerprint density at radius 1 is 1.50 bits per heavy atom. The SMILES string of the molecule is O=C(O)c1cnc2c(c(F)nn2C2CCOCC2)c1Cl. The average Bonchev–Trinajstić information content (AvgIpc) is 2.78. The third-order valence-electron chi connectivity index (χ3n) is 3.38. The number of carbonyl (C=O) groups is 1. The minimum absolute atomic E-state index is 0.0185. The predicted molar refractivity (Wildman–Crippen MR) is 68.5 cm³/mol. The van der Waals surface area contributed by atoms with Crippen molar-refractivity contribution < 1.29 is 19.0 Å². The molecule has 106 valence electrons. The third-order valence-corrected chi connectivity index (χ3v) is 3.77. The minimum atomic E-state index is -1.25. The molecule has 1 saturated heterocycles. The van der Waals surface area contributed by atoms with Gasteiger partial charge in [-0.15, -0.1) is 5.10 Å². The van der Waals surface area contributed by atoms with E-state index in [0.717, 1.165) is 6.20 Å². The Morgan fingerprint density at radius 2 is 2.20 bits per heavy atom. The molecular weight excluding hydrogens is 289 g/mol. The molecule has 2 aromatic rings. The van der Waals surface area contributed by atoms with Crippen LogP contribution < -0.4 is 0 Å². The first kappa shape index (κ1) is 13.3. The van der Waals surface area contributed by atoms with Gasteiger partial charge >= 0.3 is 5.97 Å². The van der Waals surface area contributed by atoms with Crippen molar-refractivity contribution in [1.82, 2.24) is 14.8 Å². The van der Waals surface area contributed by atoms with Crippen LogP contribution in [0, 0.1) is 5.95 Å². The van der Waals surface area contributed by atoms with E-state index in [2.05, 4.69) is 10.1 Å². The number of aromatic nitrogens is 3. The van der Waals surface area contributed by atoms with Crippen LogP contribution in [0.15, 0.2) is 6.20 Å². The zero-order chi connectivity index (χ0) is 14.3. The number of aromatic carboxylic acids is 1. The van der Waals surface area contributed by atoms with E-state index in [-0.39, 0.29) is 27.7 Å². The molecule has 3 heterocycles. The molecule has 1 N–H and O–H groups in total. The van der Waals surface area contributed by atoms with Gasteiger partial charge in [0, 0.05) is 19.4 Å². The molecule has 0 aliphatic carbocycles. The largest absolute Gasteiger partial charge is 0.478 e. The molecular formula is C12H11ClFN3O3. The van der Waals surface area contributed by atoms with Gasteiger partial charge in [-0.2, -0.15) is 4.39 Å². The van der Waals surface area contributed by atoms with Crippen LogP contribution in [0.25, 0.3) is 11.0 Å². The molecule has 0 spiro atoms. The maximum atomic E-state index is 14.0. The second-order valence-corrected chi connectivity index (χ2v) is 4.95. The summed E-state index contributed by atoms with van der Waals surface area (Å²) in [6.45, 7) is 1.16. The smallest absolute Gasteiger partial charge is 0.338 e. The minimum Gasteiger partial charge on any atom is -0.478 e. The van der Waals surface area contributed by atoms with E-state index in [4.69, 9.17) is 21.4 Å². The number of ether oxygens (including phenoxy) is 1. The van der Waals surface area contributed by atoms with Gasteiger partial charge in [0.1, 0.15) is 0 Å². The number of hydrogen-bond donors (Lipinski definition) is 1. The summed E-state index contributed by atoms with van der Waals surface area (Å²) in [5.74, 6) is -2.05. The first-order chi connectivity index (χ1) is 9.59. The first-order valence-corrected chi connectivity index (χ1v) is 6.50. The summed E-state index contributed by atoms with van der Waals surface area (Å²) in [6, 6.07) is -0.0185. The lowest BCUT2D eigenvalue weighted by Crippen LogP contribution is -2.20. The van der Waals surface area contributed by atoms with E-state index in [1.807, 2.05) is 0 Å². The van der Waals surface area contributed by atoms with Crippen molar-refractivity contribution in [2.45, 2.75) is 18.9 Å². The van der Waals surface area contributed by atoms with E-state index >= 15 is 0 Å². The molecule has 2 aromatic heterocycles. The van der Waals surface area contributed by atoms with Crippen LogP contribution in [0.1, 0.15) is 29.2 Å². The molecule has 8 heteroatoms. The fourth-order valence-corrected chi connectivity index (χ4v) is 2.65. The highest BCUT2D eigenvalue weighted by atomic mass is 35.5. The van der Waals surface area contributed by atoms with Crippen molar-refractivity contribution in [3.05, 3.63) is 22.7 Å². The van der Waals surface area contributed by atoms with Crippen LogP contribution in [0.4, 0.5) is 4.39 Å². The Balaban J connectivity index is 2.16. The summed E-state index contributed by atoms with van der Waals surface area (Å²) < 4.78 is 20.7. The number of hydrogen-bond acceptors (Lipinski definition) is 4. The number of halogens is 2. The van der Waals surface area contributed by atoms with Gasteiger partial charge in [-0.1, -0.05) is 11.6 Å². The molecule has 1 aliphatic heterocycles. The van der Waals surface area contributed by atoms with Crippen molar-refractivity contribution in [2.24, 2.45) is 0 Å². The normalized spacial score (nSPS) is 16.7. The topological polar surface area (TPSA) is 77.2 Å². The van der Waals surface area contributed by atoms with Crippen LogP contribution in [-0.4, -0.2) is 39.1 Å². The molecule has 0 unspecified atom stereocenters. The molecule has 6 nitrogen and oxygen atoms in total. The quantitative estimate of drug-likeness (QED) is 0.920.